The Balaban J connectivity index is 1.82. The highest BCUT2D eigenvalue weighted by molar-refractivity contribution is 7.11. The minimum absolute atomic E-state index is 0.153. The van der Waals surface area contributed by atoms with Gasteiger partial charge in [0.15, 0.2) is 0 Å². The first-order chi connectivity index (χ1) is 10.0. The van der Waals surface area contributed by atoms with E-state index in [1.54, 1.807) is 17.5 Å². The van der Waals surface area contributed by atoms with Crippen LogP contribution >= 0.6 is 11.3 Å². The molecule has 1 aromatic heterocycles. The van der Waals surface area contributed by atoms with Crippen molar-refractivity contribution in [1.82, 2.24) is 4.98 Å². The fourth-order valence-electron chi connectivity index (χ4n) is 2.02. The third kappa shape index (κ3) is 4.86. The molecule has 0 saturated carbocycles. The number of benzene rings is 1. The van der Waals surface area contributed by atoms with E-state index in [1.807, 2.05) is 19.1 Å². The van der Waals surface area contributed by atoms with Crippen LogP contribution < -0.4 is 4.74 Å². The molecule has 0 atom stereocenters. The molecule has 0 aliphatic heterocycles. The number of hydrogen-bond acceptors (Lipinski definition) is 4. The standard InChI is InChI=1S/C16H19NO3S/c1-11-3-5-14(12(2)9-11)20-8-7-15-17-10-13(21-15)4-6-16(18)19/h3,5,9-10H,4,6-8H2,1-2H3,(H,18,19). The second-order valence-corrected chi connectivity index (χ2v) is 6.18. The van der Waals surface area contributed by atoms with Crippen LogP contribution in [-0.2, 0) is 17.6 Å². The van der Waals surface area contributed by atoms with E-state index in [2.05, 4.69) is 18.0 Å². The SMILES string of the molecule is Cc1ccc(OCCc2ncc(CCC(=O)O)s2)c(C)c1. The molecule has 1 aromatic carbocycles. The van der Waals surface area contributed by atoms with E-state index in [0.717, 1.165) is 27.6 Å². The van der Waals surface area contributed by atoms with E-state index in [1.165, 1.54) is 5.56 Å². The number of carboxylic acid groups (broad SMARTS) is 1. The number of ether oxygens (including phenoxy) is 1. The average molecular weight is 305 g/mol. The van der Waals surface area contributed by atoms with Crippen molar-refractivity contribution in [3.05, 3.63) is 45.4 Å². The lowest BCUT2D eigenvalue weighted by atomic mass is 10.1. The number of aliphatic carboxylic acids is 1. The smallest absolute Gasteiger partial charge is 0.303 e. The van der Waals surface area contributed by atoms with Crippen molar-refractivity contribution in [2.45, 2.75) is 33.1 Å². The van der Waals surface area contributed by atoms with Crippen LogP contribution in [0.2, 0.25) is 0 Å². The van der Waals surface area contributed by atoms with Gasteiger partial charge in [-0.2, -0.15) is 0 Å². The van der Waals surface area contributed by atoms with Crippen LogP contribution in [0.25, 0.3) is 0 Å². The maximum atomic E-state index is 10.5. The summed E-state index contributed by atoms with van der Waals surface area (Å²) in [4.78, 5) is 15.8. The van der Waals surface area contributed by atoms with Gasteiger partial charge in [-0.1, -0.05) is 17.7 Å². The number of hydrogen-bond donors (Lipinski definition) is 1. The zero-order valence-electron chi connectivity index (χ0n) is 12.3. The van der Waals surface area contributed by atoms with Crippen LogP contribution in [0.4, 0.5) is 0 Å². The number of carbonyl (C=O) groups is 1. The van der Waals surface area contributed by atoms with E-state index in [0.29, 0.717) is 13.0 Å². The van der Waals surface area contributed by atoms with Gasteiger partial charge in [-0.05, 0) is 31.9 Å². The topological polar surface area (TPSA) is 59.4 Å². The Bertz CT molecular complexity index is 622. The van der Waals surface area contributed by atoms with Gasteiger partial charge in [0.25, 0.3) is 0 Å². The third-order valence-electron chi connectivity index (χ3n) is 3.09. The fourth-order valence-corrected chi connectivity index (χ4v) is 2.92. The van der Waals surface area contributed by atoms with Crippen LogP contribution in [0.15, 0.2) is 24.4 Å². The van der Waals surface area contributed by atoms with Crippen molar-refractivity contribution in [2.75, 3.05) is 6.61 Å². The van der Waals surface area contributed by atoms with Crippen LogP contribution in [0.3, 0.4) is 0 Å². The van der Waals surface area contributed by atoms with Crippen molar-refractivity contribution in [3.8, 4) is 5.75 Å². The van der Waals surface area contributed by atoms with Gasteiger partial charge in [-0.15, -0.1) is 11.3 Å². The molecule has 0 spiro atoms. The summed E-state index contributed by atoms with van der Waals surface area (Å²) < 4.78 is 5.78. The van der Waals surface area contributed by atoms with Crippen LogP contribution in [0.1, 0.15) is 27.4 Å². The van der Waals surface area contributed by atoms with Gasteiger partial charge < -0.3 is 9.84 Å². The molecule has 0 aliphatic rings. The molecule has 0 bridgehead atoms. The lowest BCUT2D eigenvalue weighted by Gasteiger charge is -2.08. The van der Waals surface area contributed by atoms with Crippen LogP contribution in [0.5, 0.6) is 5.75 Å². The Morgan fingerprint density at radius 2 is 2.14 bits per heavy atom. The highest BCUT2D eigenvalue weighted by Crippen LogP contribution is 2.20. The number of nitrogens with zero attached hydrogens (tertiary/aromatic N) is 1. The lowest BCUT2D eigenvalue weighted by molar-refractivity contribution is -0.136. The highest BCUT2D eigenvalue weighted by Gasteiger charge is 2.06. The molecule has 0 saturated heterocycles. The van der Waals surface area contributed by atoms with Gasteiger partial charge in [0.05, 0.1) is 18.0 Å². The number of thiazole rings is 1. The number of rotatable bonds is 7. The van der Waals surface area contributed by atoms with Crippen molar-refractivity contribution in [1.29, 1.82) is 0 Å². The molecule has 112 valence electrons. The quantitative estimate of drug-likeness (QED) is 0.851. The second-order valence-electron chi connectivity index (χ2n) is 4.98. The van der Waals surface area contributed by atoms with E-state index in [4.69, 9.17) is 9.84 Å². The molecule has 2 rings (SSSR count). The number of carboxylic acids is 1. The average Bonchev–Trinajstić information content (AvgIpc) is 2.87. The molecule has 21 heavy (non-hydrogen) atoms. The Morgan fingerprint density at radius 3 is 2.86 bits per heavy atom. The molecule has 5 heteroatoms. The monoisotopic (exact) mass is 305 g/mol. The molecular weight excluding hydrogens is 286 g/mol. The molecular formula is C16H19NO3S. The number of aromatic nitrogens is 1. The van der Waals surface area contributed by atoms with Gasteiger partial charge in [0.2, 0.25) is 0 Å². The zero-order chi connectivity index (χ0) is 15.2. The van der Waals surface area contributed by atoms with E-state index in [-0.39, 0.29) is 6.42 Å². The Morgan fingerprint density at radius 1 is 1.33 bits per heavy atom. The van der Waals surface area contributed by atoms with Gasteiger partial charge in [-0.25, -0.2) is 4.98 Å². The summed E-state index contributed by atoms with van der Waals surface area (Å²) in [5.41, 5.74) is 2.36. The lowest BCUT2D eigenvalue weighted by Crippen LogP contribution is -2.02. The molecule has 0 fully saturated rings. The largest absolute Gasteiger partial charge is 0.493 e. The van der Waals surface area contributed by atoms with E-state index < -0.39 is 5.97 Å². The Hall–Kier alpha value is -1.88. The molecule has 4 nitrogen and oxygen atoms in total. The predicted octanol–water partition coefficient (Wildman–Crippen LogP) is 3.40. The zero-order valence-corrected chi connectivity index (χ0v) is 13.1. The van der Waals surface area contributed by atoms with E-state index >= 15 is 0 Å². The predicted molar refractivity (Wildman–Crippen MR) is 83.2 cm³/mol. The summed E-state index contributed by atoms with van der Waals surface area (Å²) in [5.74, 6) is 0.131. The maximum Gasteiger partial charge on any atom is 0.303 e. The summed E-state index contributed by atoms with van der Waals surface area (Å²) in [6, 6.07) is 6.13. The number of aryl methyl sites for hydroxylation is 3. The molecule has 1 heterocycles. The van der Waals surface area contributed by atoms with Gasteiger partial charge >= 0.3 is 5.97 Å². The summed E-state index contributed by atoms with van der Waals surface area (Å²) >= 11 is 1.56. The first kappa shape index (κ1) is 15.5. The first-order valence-electron chi connectivity index (χ1n) is 6.90. The van der Waals surface area contributed by atoms with Crippen molar-refractivity contribution < 1.29 is 14.6 Å². The minimum Gasteiger partial charge on any atom is -0.493 e. The van der Waals surface area contributed by atoms with Gasteiger partial charge in [0.1, 0.15) is 5.75 Å². The summed E-state index contributed by atoms with van der Waals surface area (Å²) in [7, 11) is 0. The fraction of sp³-hybridized carbons (Fsp3) is 0.375. The summed E-state index contributed by atoms with van der Waals surface area (Å²) in [5, 5.41) is 9.65. The molecule has 0 amide bonds. The third-order valence-corrected chi connectivity index (χ3v) is 4.21. The van der Waals surface area contributed by atoms with Gasteiger partial charge in [-0.3, -0.25) is 4.79 Å². The minimum atomic E-state index is -0.775. The maximum absolute atomic E-state index is 10.5. The highest BCUT2D eigenvalue weighted by atomic mass is 32.1. The van der Waals surface area contributed by atoms with Crippen LogP contribution in [-0.4, -0.2) is 22.7 Å². The summed E-state index contributed by atoms with van der Waals surface area (Å²) in [6.45, 7) is 4.68. The second kappa shape index (κ2) is 7.22. The van der Waals surface area contributed by atoms with E-state index in [9.17, 15) is 4.79 Å². The molecule has 1 N–H and O–H groups in total. The first-order valence-corrected chi connectivity index (χ1v) is 7.71. The normalized spacial score (nSPS) is 10.6. The molecule has 2 aromatic rings. The summed E-state index contributed by atoms with van der Waals surface area (Å²) in [6.07, 6.45) is 3.21. The van der Waals surface area contributed by atoms with Crippen LogP contribution in [0, 0.1) is 13.8 Å². The Labute approximate surface area is 128 Å². The van der Waals surface area contributed by atoms with Crippen molar-refractivity contribution >= 4 is 17.3 Å². The molecule has 0 aliphatic carbocycles. The van der Waals surface area contributed by atoms with Crippen molar-refractivity contribution in [2.24, 2.45) is 0 Å². The van der Waals surface area contributed by atoms with Gasteiger partial charge in [0, 0.05) is 17.5 Å². The van der Waals surface area contributed by atoms with Crippen molar-refractivity contribution in [3.63, 3.8) is 0 Å². The molecule has 0 unspecified atom stereocenters. The Kier molecular flexibility index (Phi) is 5.33. The molecule has 0 radical (unpaired) electrons.